The molecule has 2 N–H and O–H groups in total. The van der Waals surface area contributed by atoms with Crippen molar-refractivity contribution in [1.82, 2.24) is 9.97 Å². The van der Waals surface area contributed by atoms with Gasteiger partial charge in [0, 0.05) is 10.4 Å². The molecule has 0 amide bonds. The minimum absolute atomic E-state index is 0.243. The molecule has 4 aromatic rings. The van der Waals surface area contributed by atoms with E-state index in [1.165, 1.54) is 16.8 Å². The molecule has 3 heterocycles. The van der Waals surface area contributed by atoms with Crippen molar-refractivity contribution in [3.05, 3.63) is 64.1 Å². The summed E-state index contributed by atoms with van der Waals surface area (Å²) in [6.45, 7) is 2.07. The molecule has 6 nitrogen and oxygen atoms in total. The highest BCUT2D eigenvalue weighted by Gasteiger charge is 2.15. The van der Waals surface area contributed by atoms with E-state index >= 15 is 0 Å². The van der Waals surface area contributed by atoms with E-state index in [4.69, 9.17) is 5.11 Å². The number of thiophene rings is 2. The average molecular weight is 394 g/mol. The third-order valence-electron chi connectivity index (χ3n) is 4.03. The fourth-order valence-electron chi connectivity index (χ4n) is 2.65. The van der Waals surface area contributed by atoms with Gasteiger partial charge in [0.2, 0.25) is 0 Å². The van der Waals surface area contributed by atoms with E-state index in [2.05, 4.69) is 44.2 Å². The molecular formula is C19H14N4O2S2. The fraction of sp³-hybridized carbons (Fsp3) is 0.0526. The molecule has 0 fully saturated rings. The highest BCUT2D eigenvalue weighted by atomic mass is 32.1. The van der Waals surface area contributed by atoms with Crippen molar-refractivity contribution < 1.29 is 9.90 Å². The van der Waals surface area contributed by atoms with Crippen molar-refractivity contribution >= 4 is 50.9 Å². The highest BCUT2D eigenvalue weighted by molar-refractivity contribution is 7.23. The van der Waals surface area contributed by atoms with Crippen LogP contribution in [0.2, 0.25) is 0 Å². The maximum atomic E-state index is 10.9. The molecule has 8 heteroatoms. The van der Waals surface area contributed by atoms with Gasteiger partial charge in [-0.25, -0.2) is 14.8 Å². The molecule has 134 valence electrons. The van der Waals surface area contributed by atoms with Crippen LogP contribution in [0.5, 0.6) is 0 Å². The van der Waals surface area contributed by atoms with E-state index in [0.29, 0.717) is 5.82 Å². The number of carbonyl (C=O) groups is 1. The smallest absolute Gasteiger partial charge is 0.335 e. The molecule has 0 bridgehead atoms. The van der Waals surface area contributed by atoms with Crippen molar-refractivity contribution in [1.29, 1.82) is 0 Å². The number of fused-ring (bicyclic) bond motifs is 1. The number of carboxylic acids is 1. The Bertz CT molecular complexity index is 1130. The van der Waals surface area contributed by atoms with Gasteiger partial charge in [-0.05, 0) is 47.0 Å². The lowest BCUT2D eigenvalue weighted by Crippen LogP contribution is -1.97. The summed E-state index contributed by atoms with van der Waals surface area (Å²) in [4.78, 5) is 20.8. The Kier molecular flexibility index (Phi) is 4.66. The standard InChI is InChI=1S/C19H14N4O2S2/c1-11-15-17(27-16(11)14-6-7-26-9-14)18(21-10-20-15)23-22-8-12-2-4-13(5-3-12)19(24)25/h2-10H,1H3,(H,24,25)(H,20,21,23). The number of hydrogen-bond acceptors (Lipinski definition) is 7. The summed E-state index contributed by atoms with van der Waals surface area (Å²) < 4.78 is 0.953. The van der Waals surface area contributed by atoms with Crippen LogP contribution in [0.1, 0.15) is 21.5 Å². The molecule has 27 heavy (non-hydrogen) atoms. The quantitative estimate of drug-likeness (QED) is 0.372. The largest absolute Gasteiger partial charge is 0.478 e. The van der Waals surface area contributed by atoms with Gasteiger partial charge >= 0.3 is 5.97 Å². The highest BCUT2D eigenvalue weighted by Crippen LogP contribution is 2.40. The molecular weight excluding hydrogens is 380 g/mol. The molecule has 1 aromatic carbocycles. The second kappa shape index (κ2) is 7.26. The van der Waals surface area contributed by atoms with Crippen molar-refractivity contribution in [3.8, 4) is 10.4 Å². The van der Waals surface area contributed by atoms with Crippen LogP contribution < -0.4 is 5.43 Å². The van der Waals surface area contributed by atoms with E-state index in [0.717, 1.165) is 21.3 Å². The summed E-state index contributed by atoms with van der Waals surface area (Å²) >= 11 is 3.31. The van der Waals surface area contributed by atoms with Crippen LogP contribution in [-0.2, 0) is 0 Å². The van der Waals surface area contributed by atoms with E-state index in [1.54, 1.807) is 53.2 Å². The predicted molar refractivity (Wildman–Crippen MR) is 110 cm³/mol. The Morgan fingerprint density at radius 1 is 1.22 bits per heavy atom. The number of nitrogens with zero attached hydrogens (tertiary/aromatic N) is 3. The molecule has 0 atom stereocenters. The van der Waals surface area contributed by atoms with Gasteiger partial charge in [-0.2, -0.15) is 16.4 Å². The summed E-state index contributed by atoms with van der Waals surface area (Å²) in [5.74, 6) is -0.303. The van der Waals surface area contributed by atoms with Gasteiger partial charge in [-0.15, -0.1) is 11.3 Å². The van der Waals surface area contributed by atoms with Crippen molar-refractivity contribution in [2.45, 2.75) is 6.92 Å². The first-order valence-electron chi connectivity index (χ1n) is 8.02. The van der Waals surface area contributed by atoms with Crippen LogP contribution in [0.4, 0.5) is 5.82 Å². The van der Waals surface area contributed by atoms with Gasteiger partial charge in [-0.1, -0.05) is 12.1 Å². The number of rotatable bonds is 5. The molecule has 3 aromatic heterocycles. The molecule has 0 saturated carbocycles. The third-order valence-corrected chi connectivity index (χ3v) is 6.05. The first kappa shape index (κ1) is 17.3. The zero-order chi connectivity index (χ0) is 18.8. The first-order valence-corrected chi connectivity index (χ1v) is 9.78. The van der Waals surface area contributed by atoms with Gasteiger partial charge in [0.25, 0.3) is 0 Å². The lowest BCUT2D eigenvalue weighted by Gasteiger charge is -2.00. The lowest BCUT2D eigenvalue weighted by molar-refractivity contribution is 0.0697. The monoisotopic (exact) mass is 394 g/mol. The minimum atomic E-state index is -0.950. The maximum absolute atomic E-state index is 10.9. The van der Waals surface area contributed by atoms with Crippen LogP contribution in [0.3, 0.4) is 0 Å². The number of aromatic nitrogens is 2. The van der Waals surface area contributed by atoms with E-state index < -0.39 is 5.97 Å². The average Bonchev–Trinajstić information content (AvgIpc) is 3.31. The number of carboxylic acid groups (broad SMARTS) is 1. The van der Waals surface area contributed by atoms with Crippen LogP contribution in [0, 0.1) is 6.92 Å². The third kappa shape index (κ3) is 3.44. The number of hydrogen-bond donors (Lipinski definition) is 2. The van der Waals surface area contributed by atoms with Crippen molar-refractivity contribution in [2.24, 2.45) is 5.10 Å². The summed E-state index contributed by atoms with van der Waals surface area (Å²) in [7, 11) is 0. The first-order chi connectivity index (χ1) is 13.1. The van der Waals surface area contributed by atoms with Crippen LogP contribution in [-0.4, -0.2) is 27.3 Å². The van der Waals surface area contributed by atoms with Crippen LogP contribution in [0.25, 0.3) is 20.7 Å². The molecule has 0 unspecified atom stereocenters. The molecule has 0 saturated heterocycles. The van der Waals surface area contributed by atoms with E-state index in [1.807, 2.05) is 0 Å². The summed E-state index contributed by atoms with van der Waals surface area (Å²) in [5, 5.41) is 17.4. The molecule has 0 aliphatic carbocycles. The zero-order valence-corrected chi connectivity index (χ0v) is 15.8. The topological polar surface area (TPSA) is 87.5 Å². The normalized spacial score (nSPS) is 11.3. The molecule has 0 radical (unpaired) electrons. The molecule has 0 aliphatic rings. The molecule has 4 rings (SSSR count). The molecule has 0 aliphatic heterocycles. The maximum Gasteiger partial charge on any atom is 0.335 e. The Morgan fingerprint density at radius 3 is 2.74 bits per heavy atom. The van der Waals surface area contributed by atoms with Crippen LogP contribution in [0.15, 0.2) is 52.5 Å². The van der Waals surface area contributed by atoms with E-state index in [-0.39, 0.29) is 5.56 Å². The number of aromatic carboxylic acids is 1. The molecule has 0 spiro atoms. The Balaban J connectivity index is 1.60. The number of nitrogens with one attached hydrogen (secondary N) is 1. The minimum Gasteiger partial charge on any atom is -0.478 e. The van der Waals surface area contributed by atoms with Crippen LogP contribution >= 0.6 is 22.7 Å². The Labute approximate surface area is 162 Å². The SMILES string of the molecule is Cc1c(-c2ccsc2)sc2c(NN=Cc3ccc(C(=O)O)cc3)ncnc12. The van der Waals surface area contributed by atoms with Crippen molar-refractivity contribution in [3.63, 3.8) is 0 Å². The van der Waals surface area contributed by atoms with Gasteiger partial charge in [-0.3, -0.25) is 5.43 Å². The van der Waals surface area contributed by atoms with Gasteiger partial charge in [0.1, 0.15) is 6.33 Å². The van der Waals surface area contributed by atoms with Gasteiger partial charge in [0.05, 0.1) is 22.0 Å². The van der Waals surface area contributed by atoms with Crippen molar-refractivity contribution in [2.75, 3.05) is 5.43 Å². The Morgan fingerprint density at radius 2 is 2.04 bits per heavy atom. The number of benzene rings is 1. The number of hydrazone groups is 1. The Hall–Kier alpha value is -3.10. The number of aryl methyl sites for hydroxylation is 1. The summed E-state index contributed by atoms with van der Waals surface area (Å²) in [6.07, 6.45) is 3.15. The number of anilines is 1. The second-order valence-electron chi connectivity index (χ2n) is 5.77. The summed E-state index contributed by atoms with van der Waals surface area (Å²) in [5.41, 5.74) is 7.24. The fourth-order valence-corrected chi connectivity index (χ4v) is 4.57. The van der Waals surface area contributed by atoms with E-state index in [9.17, 15) is 4.79 Å². The second-order valence-corrected chi connectivity index (χ2v) is 7.57. The predicted octanol–water partition coefficient (Wildman–Crippen LogP) is 4.87. The summed E-state index contributed by atoms with van der Waals surface area (Å²) in [6, 6.07) is 8.59. The van der Waals surface area contributed by atoms with Gasteiger partial charge < -0.3 is 5.11 Å². The van der Waals surface area contributed by atoms with Gasteiger partial charge in [0.15, 0.2) is 5.82 Å². The lowest BCUT2D eigenvalue weighted by atomic mass is 10.1. The zero-order valence-electron chi connectivity index (χ0n) is 14.2.